The van der Waals surface area contributed by atoms with Crippen LogP contribution in [0.5, 0.6) is 0 Å². The van der Waals surface area contributed by atoms with Gasteiger partial charge in [-0.25, -0.2) is 18.1 Å². The number of carbonyl (C=O) groups is 2. The molecule has 2 N–H and O–H groups in total. The molecule has 3 aromatic rings. The van der Waals surface area contributed by atoms with Crippen molar-refractivity contribution in [2.24, 2.45) is 5.41 Å². The lowest BCUT2D eigenvalue weighted by Gasteiger charge is -2.51. The third kappa shape index (κ3) is 6.66. The molecular weight excluding hydrogens is 573 g/mol. The van der Waals surface area contributed by atoms with E-state index >= 15 is 0 Å². The third-order valence-corrected chi connectivity index (χ3v) is 9.24. The van der Waals surface area contributed by atoms with Gasteiger partial charge in [-0.3, -0.25) is 9.59 Å². The van der Waals surface area contributed by atoms with Crippen LogP contribution in [0.25, 0.3) is 0 Å². The van der Waals surface area contributed by atoms with Gasteiger partial charge in [-0.2, -0.15) is 0 Å². The first-order chi connectivity index (χ1) is 18.9. The van der Waals surface area contributed by atoms with Gasteiger partial charge in [0.1, 0.15) is 0 Å². The number of hydrogen-bond donors (Lipinski definition) is 2. The van der Waals surface area contributed by atoms with Gasteiger partial charge in [0.2, 0.25) is 5.91 Å². The molecule has 11 heteroatoms. The molecule has 4 rings (SSSR count). The first-order valence-electron chi connectivity index (χ1n) is 12.9. The standard InChI is InChI=1S/C29H31Cl2N3O5S/c1-19(13-15-33-40(38,39)25-8-3-4-14-32-25)34-27(20-9-11-22(30)12-10-20)24(21-6-5-7-23(31)16-21)17-29(2,28(34)37)18-26(35)36/h3-12,14,16,19,24,27,33H,13,15,17-18H2,1-2H3,(H,35,36). The maximum Gasteiger partial charge on any atom is 0.304 e. The van der Waals surface area contributed by atoms with E-state index in [0.717, 1.165) is 11.1 Å². The highest BCUT2D eigenvalue weighted by Gasteiger charge is 2.51. The maximum atomic E-state index is 14.2. The fraction of sp³-hybridized carbons (Fsp3) is 0.345. The number of sulfonamides is 1. The van der Waals surface area contributed by atoms with Crippen LogP contribution in [-0.2, 0) is 19.6 Å². The zero-order valence-electron chi connectivity index (χ0n) is 22.1. The van der Waals surface area contributed by atoms with E-state index in [9.17, 15) is 23.1 Å². The zero-order valence-corrected chi connectivity index (χ0v) is 24.5. The average Bonchev–Trinajstić information content (AvgIpc) is 2.90. The number of nitrogens with zero attached hydrogens (tertiary/aromatic N) is 2. The van der Waals surface area contributed by atoms with Crippen molar-refractivity contribution in [1.82, 2.24) is 14.6 Å². The number of pyridine rings is 1. The topological polar surface area (TPSA) is 117 Å². The Kier molecular flexibility index (Phi) is 9.19. The van der Waals surface area contributed by atoms with E-state index < -0.39 is 33.5 Å². The smallest absolute Gasteiger partial charge is 0.304 e. The second-order valence-corrected chi connectivity index (χ2v) is 13.0. The molecule has 0 spiro atoms. The second-order valence-electron chi connectivity index (χ2n) is 10.4. The number of carbonyl (C=O) groups excluding carboxylic acids is 1. The van der Waals surface area contributed by atoms with Crippen molar-refractivity contribution in [3.05, 3.63) is 94.1 Å². The van der Waals surface area contributed by atoms with E-state index in [1.165, 1.54) is 12.3 Å². The molecule has 1 aromatic heterocycles. The number of halogens is 2. The molecule has 1 aliphatic rings. The summed E-state index contributed by atoms with van der Waals surface area (Å²) in [5.74, 6) is -1.65. The van der Waals surface area contributed by atoms with Crippen LogP contribution in [0.15, 0.2) is 78.0 Å². The molecule has 0 aliphatic carbocycles. The number of aromatic nitrogens is 1. The lowest BCUT2D eigenvalue weighted by atomic mass is 9.67. The molecular formula is C29H31Cl2N3O5S. The summed E-state index contributed by atoms with van der Waals surface area (Å²) >= 11 is 12.5. The zero-order chi connectivity index (χ0) is 29.1. The predicted octanol–water partition coefficient (Wildman–Crippen LogP) is 5.68. The van der Waals surface area contributed by atoms with E-state index in [2.05, 4.69) is 9.71 Å². The minimum absolute atomic E-state index is 0.0503. The van der Waals surface area contributed by atoms with Crippen LogP contribution in [-0.4, -0.2) is 47.9 Å². The minimum atomic E-state index is -3.84. The summed E-state index contributed by atoms with van der Waals surface area (Å²) in [4.78, 5) is 31.7. The van der Waals surface area contributed by atoms with Crippen molar-refractivity contribution in [3.63, 3.8) is 0 Å². The molecule has 40 heavy (non-hydrogen) atoms. The summed E-state index contributed by atoms with van der Waals surface area (Å²) in [5.41, 5.74) is 0.523. The summed E-state index contributed by atoms with van der Waals surface area (Å²) in [6.07, 6.45) is 1.64. The van der Waals surface area contributed by atoms with Crippen LogP contribution in [0, 0.1) is 5.41 Å². The number of hydrogen-bond acceptors (Lipinski definition) is 5. The van der Waals surface area contributed by atoms with Gasteiger partial charge in [0.05, 0.1) is 17.9 Å². The number of piperidine rings is 1. The Balaban J connectivity index is 1.72. The molecule has 1 saturated heterocycles. The number of carboxylic acid groups (broad SMARTS) is 1. The van der Waals surface area contributed by atoms with Gasteiger partial charge >= 0.3 is 5.97 Å². The molecule has 1 fully saturated rings. The Labute approximate surface area is 244 Å². The number of rotatable bonds is 10. The van der Waals surface area contributed by atoms with Crippen LogP contribution < -0.4 is 4.72 Å². The van der Waals surface area contributed by atoms with Crippen molar-refractivity contribution in [3.8, 4) is 0 Å². The number of nitrogens with one attached hydrogen (secondary N) is 1. The van der Waals surface area contributed by atoms with Gasteiger partial charge in [-0.05, 0) is 67.3 Å². The van der Waals surface area contributed by atoms with Crippen molar-refractivity contribution in [2.75, 3.05) is 6.54 Å². The quantitative estimate of drug-likeness (QED) is 0.308. The van der Waals surface area contributed by atoms with Crippen molar-refractivity contribution in [2.45, 2.75) is 56.1 Å². The second kappa shape index (κ2) is 12.3. The molecule has 4 atom stereocenters. The molecule has 2 aromatic carbocycles. The Bertz CT molecular complexity index is 1470. The number of amides is 1. The minimum Gasteiger partial charge on any atom is -0.481 e. The monoisotopic (exact) mass is 603 g/mol. The van der Waals surface area contributed by atoms with Crippen molar-refractivity contribution < 1.29 is 23.1 Å². The van der Waals surface area contributed by atoms with Crippen LogP contribution in [0.2, 0.25) is 10.0 Å². The van der Waals surface area contributed by atoms with E-state index in [0.29, 0.717) is 16.5 Å². The summed E-state index contributed by atoms with van der Waals surface area (Å²) in [5, 5.41) is 10.7. The summed E-state index contributed by atoms with van der Waals surface area (Å²) < 4.78 is 28.0. The molecule has 1 amide bonds. The van der Waals surface area contributed by atoms with Gasteiger partial charge < -0.3 is 10.0 Å². The van der Waals surface area contributed by atoms with Gasteiger partial charge in [-0.15, -0.1) is 0 Å². The van der Waals surface area contributed by atoms with Gasteiger partial charge in [0.15, 0.2) is 5.03 Å². The predicted molar refractivity (Wildman–Crippen MR) is 154 cm³/mol. The molecule has 8 nitrogen and oxygen atoms in total. The molecule has 212 valence electrons. The average molecular weight is 605 g/mol. The van der Waals surface area contributed by atoms with E-state index in [4.69, 9.17) is 23.2 Å². The molecule has 2 heterocycles. The highest BCUT2D eigenvalue weighted by molar-refractivity contribution is 7.89. The molecule has 0 saturated carbocycles. The lowest BCUT2D eigenvalue weighted by Crippen LogP contribution is -2.55. The van der Waals surface area contributed by atoms with Gasteiger partial charge in [-0.1, -0.05) is 60.5 Å². The fourth-order valence-corrected chi connectivity index (χ4v) is 6.80. The Morgan fingerprint density at radius 3 is 2.45 bits per heavy atom. The van der Waals surface area contributed by atoms with E-state index in [1.807, 2.05) is 37.3 Å². The van der Waals surface area contributed by atoms with Gasteiger partial charge in [0.25, 0.3) is 10.0 Å². The number of aliphatic carboxylic acids is 1. The summed E-state index contributed by atoms with van der Waals surface area (Å²) in [7, 11) is -3.84. The highest BCUT2D eigenvalue weighted by Crippen LogP contribution is 2.52. The van der Waals surface area contributed by atoms with Crippen LogP contribution in [0.4, 0.5) is 0 Å². The Hall–Kier alpha value is -2.98. The number of likely N-dealkylation sites (tertiary alicyclic amines) is 1. The molecule has 1 aliphatic heterocycles. The van der Waals surface area contributed by atoms with Crippen LogP contribution in [0.3, 0.4) is 0 Å². The first-order valence-corrected chi connectivity index (χ1v) is 15.1. The first kappa shape index (κ1) is 30.0. The maximum absolute atomic E-state index is 14.2. The molecule has 0 bridgehead atoms. The SMILES string of the molecule is CC(CCNS(=O)(=O)c1ccccn1)N1C(=O)C(C)(CC(=O)O)CC(c2cccc(Cl)c2)C1c1ccc(Cl)cc1. The summed E-state index contributed by atoms with van der Waals surface area (Å²) in [6.45, 7) is 3.58. The number of benzene rings is 2. The third-order valence-electron chi connectivity index (χ3n) is 7.37. The van der Waals surface area contributed by atoms with Crippen LogP contribution >= 0.6 is 23.2 Å². The Morgan fingerprint density at radius 1 is 1.10 bits per heavy atom. The van der Waals surface area contributed by atoms with Gasteiger partial charge in [0, 0.05) is 34.7 Å². The van der Waals surface area contributed by atoms with E-state index in [1.54, 1.807) is 42.2 Å². The van der Waals surface area contributed by atoms with E-state index in [-0.39, 0.29) is 36.2 Å². The normalized spacial score (nSPS) is 22.2. The molecule has 0 radical (unpaired) electrons. The van der Waals surface area contributed by atoms with Crippen molar-refractivity contribution >= 4 is 45.1 Å². The van der Waals surface area contributed by atoms with Crippen molar-refractivity contribution in [1.29, 1.82) is 0 Å². The largest absolute Gasteiger partial charge is 0.481 e. The fourth-order valence-electron chi connectivity index (χ4n) is 5.48. The number of carboxylic acids is 1. The lowest BCUT2D eigenvalue weighted by molar-refractivity contribution is -0.160. The molecule has 4 unspecified atom stereocenters. The Morgan fingerprint density at radius 2 is 1.82 bits per heavy atom. The highest BCUT2D eigenvalue weighted by atomic mass is 35.5. The van der Waals surface area contributed by atoms with Crippen LogP contribution in [0.1, 0.15) is 56.2 Å². The summed E-state index contributed by atoms with van der Waals surface area (Å²) in [6, 6.07) is 18.3.